The largest absolute Gasteiger partial charge is 0.343 e. The summed E-state index contributed by atoms with van der Waals surface area (Å²) in [6.45, 7) is 2.14. The van der Waals surface area contributed by atoms with E-state index in [4.69, 9.17) is 0 Å². The standard InChI is InChI=1S/C12H15N3S.ClH/c1-16-11-3-2-9-8-4-6-13-7-5-10(8)14-12(9)15-11;/h2-3,13H,4-7H2,1H3,(H,14,15);1H. The van der Waals surface area contributed by atoms with E-state index >= 15 is 0 Å². The van der Waals surface area contributed by atoms with Crippen molar-refractivity contribution in [2.24, 2.45) is 0 Å². The molecule has 0 bridgehead atoms. The number of hydrogen-bond acceptors (Lipinski definition) is 3. The molecule has 3 nitrogen and oxygen atoms in total. The Hall–Kier alpha value is -0.710. The molecule has 1 aliphatic heterocycles. The number of pyridine rings is 1. The Bertz CT molecular complexity index is 524. The minimum atomic E-state index is 0. The molecule has 0 amide bonds. The molecule has 92 valence electrons. The zero-order valence-electron chi connectivity index (χ0n) is 9.75. The molecule has 0 aromatic carbocycles. The van der Waals surface area contributed by atoms with Crippen LogP contribution in [0.5, 0.6) is 0 Å². The minimum Gasteiger partial charge on any atom is -0.343 e. The summed E-state index contributed by atoms with van der Waals surface area (Å²) in [6, 6.07) is 4.31. The van der Waals surface area contributed by atoms with Crippen molar-refractivity contribution in [3.8, 4) is 0 Å². The van der Waals surface area contributed by atoms with E-state index in [0.29, 0.717) is 0 Å². The number of nitrogens with zero attached hydrogens (tertiary/aromatic N) is 1. The van der Waals surface area contributed by atoms with E-state index in [1.54, 1.807) is 11.8 Å². The zero-order valence-corrected chi connectivity index (χ0v) is 11.4. The third kappa shape index (κ3) is 2.30. The second kappa shape index (κ2) is 5.29. The highest BCUT2D eigenvalue weighted by Crippen LogP contribution is 2.25. The van der Waals surface area contributed by atoms with Crippen molar-refractivity contribution in [2.45, 2.75) is 17.9 Å². The molecule has 0 spiro atoms. The Morgan fingerprint density at radius 3 is 2.88 bits per heavy atom. The van der Waals surface area contributed by atoms with E-state index < -0.39 is 0 Å². The second-order valence-electron chi connectivity index (χ2n) is 4.08. The lowest BCUT2D eigenvalue weighted by atomic mass is 10.1. The van der Waals surface area contributed by atoms with Gasteiger partial charge in [0.2, 0.25) is 0 Å². The Morgan fingerprint density at radius 1 is 1.24 bits per heavy atom. The third-order valence-electron chi connectivity index (χ3n) is 3.14. The lowest BCUT2D eigenvalue weighted by Crippen LogP contribution is -2.16. The van der Waals surface area contributed by atoms with Gasteiger partial charge in [0.15, 0.2) is 0 Å². The van der Waals surface area contributed by atoms with Crippen molar-refractivity contribution in [2.75, 3.05) is 19.3 Å². The summed E-state index contributed by atoms with van der Waals surface area (Å²) in [5.41, 5.74) is 3.88. The van der Waals surface area contributed by atoms with Gasteiger partial charge in [0.25, 0.3) is 0 Å². The molecule has 1 aliphatic rings. The Morgan fingerprint density at radius 2 is 2.06 bits per heavy atom. The SMILES string of the molecule is CSc1ccc2c3c([nH]c2n1)CCNCC3.Cl. The van der Waals surface area contributed by atoms with Gasteiger partial charge in [-0.25, -0.2) is 4.98 Å². The predicted molar refractivity (Wildman–Crippen MR) is 75.4 cm³/mol. The lowest BCUT2D eigenvalue weighted by molar-refractivity contribution is 0.708. The van der Waals surface area contributed by atoms with Crippen LogP contribution in [0.2, 0.25) is 0 Å². The molecule has 0 atom stereocenters. The molecule has 0 fully saturated rings. The molecule has 0 radical (unpaired) electrons. The van der Waals surface area contributed by atoms with Gasteiger partial charge in [-0.05, 0) is 36.9 Å². The maximum Gasteiger partial charge on any atom is 0.139 e. The van der Waals surface area contributed by atoms with E-state index in [1.807, 2.05) is 0 Å². The summed E-state index contributed by atoms with van der Waals surface area (Å²) in [5, 5.41) is 5.81. The third-order valence-corrected chi connectivity index (χ3v) is 3.79. The maximum absolute atomic E-state index is 4.62. The van der Waals surface area contributed by atoms with E-state index in [9.17, 15) is 0 Å². The predicted octanol–water partition coefficient (Wildman–Crippen LogP) is 2.39. The van der Waals surface area contributed by atoms with E-state index in [2.05, 4.69) is 33.7 Å². The van der Waals surface area contributed by atoms with Gasteiger partial charge in [-0.1, -0.05) is 0 Å². The zero-order chi connectivity index (χ0) is 11.0. The smallest absolute Gasteiger partial charge is 0.139 e. The normalized spacial score (nSPS) is 15.1. The summed E-state index contributed by atoms with van der Waals surface area (Å²) in [4.78, 5) is 8.08. The van der Waals surface area contributed by atoms with Gasteiger partial charge in [-0.2, -0.15) is 0 Å². The molecule has 0 saturated carbocycles. The lowest BCUT2D eigenvalue weighted by Gasteiger charge is -1.99. The van der Waals surface area contributed by atoms with Gasteiger partial charge in [-0.3, -0.25) is 0 Å². The van der Waals surface area contributed by atoms with Crippen LogP contribution < -0.4 is 5.32 Å². The van der Waals surface area contributed by atoms with Crippen molar-refractivity contribution in [3.05, 3.63) is 23.4 Å². The summed E-state index contributed by atoms with van der Waals surface area (Å²) in [7, 11) is 0. The van der Waals surface area contributed by atoms with Crippen LogP contribution in [0.4, 0.5) is 0 Å². The Kier molecular flexibility index (Phi) is 3.97. The summed E-state index contributed by atoms with van der Waals surface area (Å²) < 4.78 is 0. The van der Waals surface area contributed by atoms with Crippen LogP contribution in [0.3, 0.4) is 0 Å². The van der Waals surface area contributed by atoms with Gasteiger partial charge in [0.1, 0.15) is 5.65 Å². The fourth-order valence-corrected chi connectivity index (χ4v) is 2.71. The van der Waals surface area contributed by atoms with E-state index in [1.165, 1.54) is 16.6 Å². The summed E-state index contributed by atoms with van der Waals surface area (Å²) in [5.74, 6) is 0. The van der Waals surface area contributed by atoms with Gasteiger partial charge in [-0.15, -0.1) is 24.2 Å². The van der Waals surface area contributed by atoms with E-state index in [-0.39, 0.29) is 12.4 Å². The molecule has 3 heterocycles. The van der Waals surface area contributed by atoms with Crippen LogP contribution in [0.1, 0.15) is 11.3 Å². The van der Waals surface area contributed by atoms with Crippen LogP contribution in [0, 0.1) is 0 Å². The first kappa shape index (κ1) is 12.7. The van der Waals surface area contributed by atoms with Gasteiger partial charge in [0, 0.05) is 24.0 Å². The monoisotopic (exact) mass is 269 g/mol. The van der Waals surface area contributed by atoms with Gasteiger partial charge in [0.05, 0.1) is 5.03 Å². The number of hydrogen-bond donors (Lipinski definition) is 2. The van der Waals surface area contributed by atoms with Gasteiger partial charge >= 0.3 is 0 Å². The highest BCUT2D eigenvalue weighted by atomic mass is 35.5. The molecule has 17 heavy (non-hydrogen) atoms. The number of fused-ring (bicyclic) bond motifs is 3. The van der Waals surface area contributed by atoms with Crippen molar-refractivity contribution >= 4 is 35.2 Å². The number of H-pyrrole nitrogens is 1. The molecule has 0 saturated heterocycles. The molecule has 2 aromatic rings. The molecular weight excluding hydrogens is 254 g/mol. The molecular formula is C12H16ClN3S. The van der Waals surface area contributed by atoms with Gasteiger partial charge < -0.3 is 10.3 Å². The molecule has 0 aliphatic carbocycles. The number of halogens is 1. The summed E-state index contributed by atoms with van der Waals surface area (Å²) in [6.07, 6.45) is 4.25. The van der Waals surface area contributed by atoms with Crippen LogP contribution in [-0.4, -0.2) is 29.3 Å². The first-order chi connectivity index (χ1) is 7.88. The maximum atomic E-state index is 4.62. The topological polar surface area (TPSA) is 40.7 Å². The van der Waals surface area contributed by atoms with Crippen molar-refractivity contribution in [1.29, 1.82) is 0 Å². The molecule has 2 aromatic heterocycles. The summed E-state index contributed by atoms with van der Waals surface area (Å²) >= 11 is 1.69. The molecule has 0 unspecified atom stereocenters. The van der Waals surface area contributed by atoms with E-state index in [0.717, 1.165) is 36.6 Å². The molecule has 3 rings (SSSR count). The quantitative estimate of drug-likeness (QED) is 0.781. The minimum absolute atomic E-state index is 0. The van der Waals surface area contributed by atoms with Crippen LogP contribution >= 0.6 is 24.2 Å². The Labute approximate surface area is 111 Å². The van der Waals surface area contributed by atoms with Crippen molar-refractivity contribution < 1.29 is 0 Å². The average molecular weight is 270 g/mol. The number of aromatic nitrogens is 2. The van der Waals surface area contributed by atoms with Crippen molar-refractivity contribution in [3.63, 3.8) is 0 Å². The van der Waals surface area contributed by atoms with Crippen molar-refractivity contribution in [1.82, 2.24) is 15.3 Å². The fourth-order valence-electron chi connectivity index (χ4n) is 2.33. The first-order valence-electron chi connectivity index (χ1n) is 5.63. The fraction of sp³-hybridized carbons (Fsp3) is 0.417. The van der Waals surface area contributed by atoms with Crippen LogP contribution in [-0.2, 0) is 12.8 Å². The van der Waals surface area contributed by atoms with Crippen LogP contribution in [0.15, 0.2) is 17.2 Å². The number of thioether (sulfide) groups is 1. The average Bonchev–Trinajstić information content (AvgIpc) is 2.50. The second-order valence-corrected chi connectivity index (χ2v) is 4.91. The molecule has 5 heteroatoms. The molecule has 2 N–H and O–H groups in total. The number of rotatable bonds is 1. The number of nitrogens with one attached hydrogen (secondary N) is 2. The Balaban J connectivity index is 0.00000108. The number of aromatic amines is 1. The highest BCUT2D eigenvalue weighted by Gasteiger charge is 2.14. The first-order valence-corrected chi connectivity index (χ1v) is 6.86. The highest BCUT2D eigenvalue weighted by molar-refractivity contribution is 7.98. The van der Waals surface area contributed by atoms with Crippen LogP contribution in [0.25, 0.3) is 11.0 Å².